The molecular weight excluding hydrogens is 470 g/mol. The van der Waals surface area contributed by atoms with Gasteiger partial charge in [-0.3, -0.25) is 9.48 Å². The Balaban J connectivity index is 1.46. The van der Waals surface area contributed by atoms with Crippen molar-refractivity contribution < 1.29 is 9.53 Å². The molecule has 0 aliphatic rings. The van der Waals surface area contributed by atoms with Gasteiger partial charge in [0.2, 0.25) is 0 Å². The number of aromatic nitrogens is 7. The number of hydrogen-bond acceptors (Lipinski definition) is 9. The monoisotopic (exact) mass is 495 g/mol. The van der Waals surface area contributed by atoms with Gasteiger partial charge in [-0.25, -0.2) is 19.6 Å². The van der Waals surface area contributed by atoms with Crippen LogP contribution in [0.15, 0.2) is 73.6 Å². The fourth-order valence-corrected chi connectivity index (χ4v) is 3.83. The number of nitrogens with zero attached hydrogens (tertiary/aromatic N) is 7. The van der Waals surface area contributed by atoms with E-state index in [4.69, 9.17) is 4.74 Å². The molecule has 2 N–H and O–H groups in total. The van der Waals surface area contributed by atoms with E-state index in [1.807, 2.05) is 49.5 Å². The van der Waals surface area contributed by atoms with Gasteiger partial charge in [0.15, 0.2) is 17.4 Å². The number of ether oxygens (including phenoxy) is 1. The van der Waals surface area contributed by atoms with Crippen LogP contribution in [-0.4, -0.2) is 47.4 Å². The third-order valence-corrected chi connectivity index (χ3v) is 5.63. The maximum atomic E-state index is 12.7. The Morgan fingerprint density at radius 1 is 1.00 bits per heavy atom. The van der Waals surface area contributed by atoms with E-state index >= 15 is 0 Å². The first-order valence-electron chi connectivity index (χ1n) is 11.6. The van der Waals surface area contributed by atoms with E-state index in [2.05, 4.69) is 35.8 Å². The molecule has 0 amide bonds. The highest BCUT2D eigenvalue weighted by Gasteiger charge is 2.18. The lowest BCUT2D eigenvalue weighted by Crippen LogP contribution is -2.07. The van der Waals surface area contributed by atoms with Crippen molar-refractivity contribution in [1.29, 1.82) is 0 Å². The van der Waals surface area contributed by atoms with E-state index in [1.54, 1.807) is 54.5 Å². The highest BCUT2D eigenvalue weighted by atomic mass is 16.5. The molecule has 0 radical (unpaired) electrons. The summed E-state index contributed by atoms with van der Waals surface area (Å²) in [6.07, 6.45) is 8.80. The topological polar surface area (TPSA) is 125 Å². The van der Waals surface area contributed by atoms with E-state index < -0.39 is 0 Å². The summed E-state index contributed by atoms with van der Waals surface area (Å²) in [6, 6.07) is 13.0. The van der Waals surface area contributed by atoms with Crippen molar-refractivity contribution in [3.63, 3.8) is 0 Å². The van der Waals surface area contributed by atoms with Crippen LogP contribution in [0, 0.1) is 0 Å². The number of carbonyl (C=O) groups is 1. The molecule has 0 unspecified atom stereocenters. The van der Waals surface area contributed by atoms with Crippen LogP contribution in [0.1, 0.15) is 23.7 Å². The largest absolute Gasteiger partial charge is 0.494 e. The zero-order chi connectivity index (χ0) is 25.8. The third kappa shape index (κ3) is 5.01. The standard InChI is InChI=1S/C26H25N9O2/c1-4-22(36)19-15-28-24(32-23-10-9-17(14-27-23)35-12-6-11-30-35)13-21(19)31-20-8-5-7-18(25(20)37-3)26-29-16-34(2)33-26/h5-16H,4H2,1-3H3,(H2,27,28,31,32). The van der Waals surface area contributed by atoms with Crippen LogP contribution in [0.5, 0.6) is 5.75 Å². The molecule has 0 fully saturated rings. The van der Waals surface area contributed by atoms with Crippen LogP contribution in [-0.2, 0) is 7.05 Å². The van der Waals surface area contributed by atoms with Crippen LogP contribution in [0.25, 0.3) is 17.1 Å². The van der Waals surface area contributed by atoms with E-state index in [-0.39, 0.29) is 5.78 Å². The quantitative estimate of drug-likeness (QED) is 0.283. The minimum Gasteiger partial charge on any atom is -0.494 e. The van der Waals surface area contributed by atoms with Gasteiger partial charge in [-0.1, -0.05) is 13.0 Å². The third-order valence-electron chi connectivity index (χ3n) is 5.63. The molecule has 5 aromatic rings. The van der Waals surface area contributed by atoms with Gasteiger partial charge >= 0.3 is 0 Å². The molecule has 5 rings (SSSR count). The van der Waals surface area contributed by atoms with Crippen molar-refractivity contribution in [1.82, 2.24) is 34.5 Å². The van der Waals surface area contributed by atoms with Crippen LogP contribution in [0.2, 0.25) is 0 Å². The summed E-state index contributed by atoms with van der Waals surface area (Å²) in [7, 11) is 3.39. The first kappa shape index (κ1) is 23.7. The fraction of sp³-hybridized carbons (Fsp3) is 0.154. The number of ketones is 1. The average molecular weight is 496 g/mol. The molecule has 37 heavy (non-hydrogen) atoms. The maximum Gasteiger partial charge on any atom is 0.184 e. The minimum atomic E-state index is -0.0373. The van der Waals surface area contributed by atoms with Crippen molar-refractivity contribution >= 4 is 28.8 Å². The lowest BCUT2D eigenvalue weighted by Gasteiger charge is -2.17. The normalized spacial score (nSPS) is 10.8. The van der Waals surface area contributed by atoms with Crippen molar-refractivity contribution in [3.8, 4) is 22.8 Å². The number of anilines is 4. The van der Waals surface area contributed by atoms with Gasteiger partial charge in [0.05, 0.1) is 41.5 Å². The van der Waals surface area contributed by atoms with Crippen molar-refractivity contribution in [2.24, 2.45) is 7.05 Å². The van der Waals surface area contributed by atoms with E-state index in [0.717, 1.165) is 11.3 Å². The minimum absolute atomic E-state index is 0.0373. The summed E-state index contributed by atoms with van der Waals surface area (Å²) in [5.74, 6) is 2.19. The number of methoxy groups -OCH3 is 1. The number of Topliss-reactive ketones (excluding diaryl/α,β-unsaturated/α-hetero) is 1. The van der Waals surface area contributed by atoms with Gasteiger partial charge in [0.25, 0.3) is 0 Å². The Morgan fingerprint density at radius 2 is 1.86 bits per heavy atom. The summed E-state index contributed by atoms with van der Waals surface area (Å²) in [5, 5.41) is 15.2. The molecule has 0 saturated heterocycles. The van der Waals surface area contributed by atoms with Crippen LogP contribution in [0.4, 0.5) is 23.0 Å². The molecule has 11 nitrogen and oxygen atoms in total. The predicted octanol–water partition coefficient (Wildman–Crippen LogP) is 4.55. The molecule has 1 aromatic carbocycles. The van der Waals surface area contributed by atoms with E-state index in [0.29, 0.717) is 46.6 Å². The molecule has 0 aliphatic heterocycles. The summed E-state index contributed by atoms with van der Waals surface area (Å²) < 4.78 is 9.08. The number of para-hydroxylation sites is 1. The molecule has 0 spiro atoms. The van der Waals surface area contributed by atoms with Crippen molar-refractivity contribution in [2.75, 3.05) is 17.7 Å². The number of aryl methyl sites for hydroxylation is 1. The first-order valence-corrected chi connectivity index (χ1v) is 11.6. The van der Waals surface area contributed by atoms with E-state index in [9.17, 15) is 4.79 Å². The van der Waals surface area contributed by atoms with Gasteiger partial charge in [-0.05, 0) is 30.3 Å². The van der Waals surface area contributed by atoms with Crippen LogP contribution in [0.3, 0.4) is 0 Å². The lowest BCUT2D eigenvalue weighted by molar-refractivity contribution is 0.0988. The van der Waals surface area contributed by atoms with Gasteiger partial charge < -0.3 is 15.4 Å². The molecule has 4 aromatic heterocycles. The Labute approximate surface area is 213 Å². The second-order valence-electron chi connectivity index (χ2n) is 8.12. The molecular formula is C26H25N9O2. The number of carbonyl (C=O) groups excluding carboxylic acids is 1. The Bertz CT molecular complexity index is 1530. The molecule has 186 valence electrons. The second kappa shape index (κ2) is 10.3. The number of benzene rings is 1. The zero-order valence-corrected chi connectivity index (χ0v) is 20.6. The number of rotatable bonds is 9. The summed E-state index contributed by atoms with van der Waals surface area (Å²) in [5.41, 5.74) is 3.28. The Morgan fingerprint density at radius 3 is 2.54 bits per heavy atom. The van der Waals surface area contributed by atoms with Crippen LogP contribution < -0.4 is 15.4 Å². The Kier molecular flexibility index (Phi) is 6.58. The summed E-state index contributed by atoms with van der Waals surface area (Å²) in [4.78, 5) is 26.0. The SMILES string of the molecule is CCC(=O)c1cnc(Nc2ccc(-n3cccn3)cn2)cc1Nc1cccc(-c2ncn(C)n2)c1OC. The fourth-order valence-electron chi connectivity index (χ4n) is 3.83. The average Bonchev–Trinajstić information content (AvgIpc) is 3.61. The number of hydrogen-bond donors (Lipinski definition) is 2. The lowest BCUT2D eigenvalue weighted by atomic mass is 10.1. The van der Waals surface area contributed by atoms with Crippen molar-refractivity contribution in [2.45, 2.75) is 13.3 Å². The molecule has 0 saturated carbocycles. The second-order valence-corrected chi connectivity index (χ2v) is 8.12. The predicted molar refractivity (Wildman–Crippen MR) is 140 cm³/mol. The Hall–Kier alpha value is -5.06. The maximum absolute atomic E-state index is 12.7. The molecule has 4 heterocycles. The van der Waals surface area contributed by atoms with Crippen molar-refractivity contribution in [3.05, 3.63) is 79.1 Å². The molecule has 11 heteroatoms. The molecule has 0 bridgehead atoms. The summed E-state index contributed by atoms with van der Waals surface area (Å²) >= 11 is 0. The zero-order valence-electron chi connectivity index (χ0n) is 20.6. The highest BCUT2D eigenvalue weighted by Crippen LogP contribution is 2.37. The molecule has 0 atom stereocenters. The van der Waals surface area contributed by atoms with Crippen LogP contribution >= 0.6 is 0 Å². The van der Waals surface area contributed by atoms with E-state index in [1.165, 1.54) is 0 Å². The number of pyridine rings is 2. The number of nitrogens with one attached hydrogen (secondary N) is 2. The van der Waals surface area contributed by atoms with Gasteiger partial charge in [-0.2, -0.15) is 10.2 Å². The molecule has 0 aliphatic carbocycles. The van der Waals surface area contributed by atoms with Gasteiger partial charge in [-0.15, -0.1) is 0 Å². The summed E-state index contributed by atoms with van der Waals surface area (Å²) in [6.45, 7) is 1.82. The first-order chi connectivity index (χ1) is 18.1. The smallest absolute Gasteiger partial charge is 0.184 e. The van der Waals surface area contributed by atoms with Gasteiger partial charge in [0, 0.05) is 38.1 Å². The van der Waals surface area contributed by atoms with Gasteiger partial charge in [0.1, 0.15) is 18.0 Å². The highest BCUT2D eigenvalue weighted by molar-refractivity contribution is 6.02.